The smallest absolute Gasteiger partial charge is 0.245 e. The zero-order valence-electron chi connectivity index (χ0n) is 26.6. The highest BCUT2D eigenvalue weighted by atomic mass is 35.5. The van der Waals surface area contributed by atoms with Crippen LogP contribution < -0.4 is 4.90 Å². The van der Waals surface area contributed by atoms with Gasteiger partial charge in [0, 0.05) is 72.4 Å². The van der Waals surface area contributed by atoms with E-state index in [9.17, 15) is 9.59 Å². The Hall–Kier alpha value is -3.08. The molecular formula is C33H42Cl2N8O2. The molecule has 2 aromatic heterocycles. The zero-order chi connectivity index (χ0) is 31.8. The van der Waals surface area contributed by atoms with E-state index in [-0.39, 0.29) is 28.8 Å². The minimum Gasteiger partial charge on any atom is -0.349 e. The van der Waals surface area contributed by atoms with E-state index in [1.165, 1.54) is 6.08 Å². The highest BCUT2D eigenvalue weighted by Crippen LogP contribution is 2.56. The molecule has 1 aliphatic carbocycles. The van der Waals surface area contributed by atoms with Crippen LogP contribution in [0.4, 0.5) is 5.82 Å². The molecule has 10 nitrogen and oxygen atoms in total. The molecule has 0 radical (unpaired) electrons. The standard InChI is InChI=1S/C33H42Cl2N8O2/c1-6-26(44)41-18-33(19-41)13-22(14-33)43-20(2)28(29-23-15-36-37-25(23)11-24(34)30(29)35)31(38-43)42-8-7-21(12-32(42,3)4)16-40-10-9-39(5)17-27(40)45/h6,11,15,21-22H,1,7-10,12-14,16-19H2,2-5H3,(H,36,37). The molecule has 240 valence electrons. The van der Waals surface area contributed by atoms with Crippen molar-refractivity contribution in [3.8, 4) is 11.1 Å². The Morgan fingerprint density at radius 3 is 2.60 bits per heavy atom. The number of piperidine rings is 1. The number of fused-ring (bicyclic) bond motifs is 1. The fourth-order valence-electron chi connectivity index (χ4n) is 8.45. The van der Waals surface area contributed by atoms with Gasteiger partial charge in [-0.2, -0.15) is 10.2 Å². The van der Waals surface area contributed by atoms with Gasteiger partial charge in [-0.15, -0.1) is 0 Å². The van der Waals surface area contributed by atoms with Crippen molar-refractivity contribution in [1.82, 2.24) is 34.7 Å². The van der Waals surface area contributed by atoms with E-state index in [2.05, 4.69) is 56.9 Å². The molecule has 1 saturated carbocycles. The van der Waals surface area contributed by atoms with Gasteiger partial charge in [0.2, 0.25) is 11.8 Å². The molecule has 1 spiro atoms. The molecule has 1 N–H and O–H groups in total. The number of likely N-dealkylation sites (tertiary alicyclic amines) is 1. The first-order valence-corrected chi connectivity index (χ1v) is 16.7. The Morgan fingerprint density at radius 1 is 1.16 bits per heavy atom. The first-order valence-electron chi connectivity index (χ1n) is 16.0. The Balaban J connectivity index is 1.22. The van der Waals surface area contributed by atoms with Gasteiger partial charge in [0.05, 0.1) is 34.3 Å². The number of benzene rings is 1. The van der Waals surface area contributed by atoms with Crippen molar-refractivity contribution < 1.29 is 9.59 Å². The van der Waals surface area contributed by atoms with Crippen molar-refractivity contribution in [2.75, 3.05) is 57.8 Å². The number of hydrogen-bond acceptors (Lipinski definition) is 6. The summed E-state index contributed by atoms with van der Waals surface area (Å²) in [5.41, 5.74) is 3.68. The number of H-pyrrole nitrogens is 1. The fourth-order valence-corrected chi connectivity index (χ4v) is 8.90. The summed E-state index contributed by atoms with van der Waals surface area (Å²) in [4.78, 5) is 33.3. The number of rotatable bonds is 6. The monoisotopic (exact) mass is 652 g/mol. The highest BCUT2D eigenvalue weighted by Gasteiger charge is 2.54. The van der Waals surface area contributed by atoms with Crippen LogP contribution in [-0.4, -0.2) is 105 Å². The number of amides is 2. The molecule has 3 aromatic rings. The maximum atomic E-state index is 12.8. The van der Waals surface area contributed by atoms with Crippen LogP contribution in [0.1, 0.15) is 51.3 Å². The lowest BCUT2D eigenvalue weighted by Crippen LogP contribution is -2.63. The topological polar surface area (TPSA) is 93.6 Å². The van der Waals surface area contributed by atoms with Gasteiger partial charge in [0.25, 0.3) is 0 Å². The predicted molar refractivity (Wildman–Crippen MR) is 178 cm³/mol. The van der Waals surface area contributed by atoms with Gasteiger partial charge in [0.15, 0.2) is 5.82 Å². The SMILES string of the molecule is C=CC(=O)N1CC2(CC(n3nc(N4CCC(CN5CCN(C)CC5=O)CC4(C)C)c(-c4c(Cl)c(Cl)cc5[nH]ncc45)c3C)C2)C1. The Labute approximate surface area is 274 Å². The highest BCUT2D eigenvalue weighted by molar-refractivity contribution is 6.45. The predicted octanol–water partition coefficient (Wildman–Crippen LogP) is 5.16. The molecule has 4 fully saturated rings. The van der Waals surface area contributed by atoms with Crippen molar-refractivity contribution >= 4 is 51.7 Å². The number of carbonyl (C=O) groups is 2. The number of nitrogens with one attached hydrogen (secondary N) is 1. The van der Waals surface area contributed by atoms with Crippen LogP contribution in [0.25, 0.3) is 22.0 Å². The summed E-state index contributed by atoms with van der Waals surface area (Å²) in [6, 6.07) is 2.06. The summed E-state index contributed by atoms with van der Waals surface area (Å²) >= 11 is 13.7. The van der Waals surface area contributed by atoms with E-state index >= 15 is 0 Å². The summed E-state index contributed by atoms with van der Waals surface area (Å²) in [5, 5.41) is 14.7. The minimum atomic E-state index is -0.208. The summed E-state index contributed by atoms with van der Waals surface area (Å²) in [6.45, 7) is 15.7. The number of likely N-dealkylation sites (N-methyl/N-ethyl adjacent to an activating group) is 1. The Bertz CT molecular complexity index is 1680. The maximum Gasteiger partial charge on any atom is 0.245 e. The molecule has 5 heterocycles. The molecule has 7 rings (SSSR count). The second-order valence-corrected chi connectivity index (χ2v) is 15.3. The normalized spacial score (nSPS) is 23.5. The number of aromatic amines is 1. The van der Waals surface area contributed by atoms with Crippen molar-refractivity contribution in [2.24, 2.45) is 11.3 Å². The van der Waals surface area contributed by atoms with Crippen LogP contribution in [0.2, 0.25) is 10.0 Å². The van der Waals surface area contributed by atoms with Gasteiger partial charge >= 0.3 is 0 Å². The van der Waals surface area contributed by atoms with Crippen LogP contribution in [0, 0.1) is 18.3 Å². The average molecular weight is 654 g/mol. The van der Waals surface area contributed by atoms with E-state index in [4.69, 9.17) is 28.3 Å². The molecule has 0 bridgehead atoms. The van der Waals surface area contributed by atoms with E-state index < -0.39 is 0 Å². The van der Waals surface area contributed by atoms with E-state index in [0.29, 0.717) is 22.5 Å². The molecule has 1 atom stereocenters. The van der Waals surface area contributed by atoms with Crippen molar-refractivity contribution in [2.45, 2.75) is 58.0 Å². The average Bonchev–Trinajstić information content (AvgIpc) is 3.53. The van der Waals surface area contributed by atoms with Gasteiger partial charge < -0.3 is 14.7 Å². The van der Waals surface area contributed by atoms with Crippen molar-refractivity contribution in [1.29, 1.82) is 0 Å². The summed E-state index contributed by atoms with van der Waals surface area (Å²) in [6.07, 6.45) is 7.09. The van der Waals surface area contributed by atoms with Gasteiger partial charge in [-0.05, 0) is 71.6 Å². The van der Waals surface area contributed by atoms with Crippen LogP contribution in [-0.2, 0) is 9.59 Å². The first kappa shape index (κ1) is 30.6. The first-order chi connectivity index (χ1) is 21.4. The molecule has 2 amide bonds. The van der Waals surface area contributed by atoms with Crippen LogP contribution in [0.15, 0.2) is 24.9 Å². The third-order valence-electron chi connectivity index (χ3n) is 10.8. The quantitative estimate of drug-likeness (QED) is 0.370. The lowest BCUT2D eigenvalue weighted by Gasteiger charge is -2.58. The molecule has 12 heteroatoms. The Morgan fingerprint density at radius 2 is 1.91 bits per heavy atom. The number of aromatic nitrogens is 4. The van der Waals surface area contributed by atoms with E-state index in [1.807, 2.05) is 24.2 Å². The summed E-state index contributed by atoms with van der Waals surface area (Å²) in [7, 11) is 2.01. The number of anilines is 1. The number of halogens is 2. The summed E-state index contributed by atoms with van der Waals surface area (Å²) < 4.78 is 2.20. The van der Waals surface area contributed by atoms with Gasteiger partial charge in [-0.1, -0.05) is 29.8 Å². The molecule has 4 aliphatic rings. The van der Waals surface area contributed by atoms with E-state index in [1.54, 1.807) is 0 Å². The largest absolute Gasteiger partial charge is 0.349 e. The lowest BCUT2D eigenvalue weighted by atomic mass is 9.60. The van der Waals surface area contributed by atoms with Crippen molar-refractivity contribution in [3.05, 3.63) is 40.7 Å². The lowest BCUT2D eigenvalue weighted by molar-refractivity contribution is -0.149. The van der Waals surface area contributed by atoms with Gasteiger partial charge in [0.1, 0.15) is 0 Å². The van der Waals surface area contributed by atoms with Crippen molar-refractivity contribution in [3.63, 3.8) is 0 Å². The molecule has 45 heavy (non-hydrogen) atoms. The fraction of sp³-hybridized carbons (Fsp3) is 0.576. The third kappa shape index (κ3) is 5.13. The molecule has 3 aliphatic heterocycles. The number of hydrogen-bond donors (Lipinski definition) is 1. The van der Waals surface area contributed by atoms with Crippen LogP contribution in [0.3, 0.4) is 0 Å². The number of carbonyl (C=O) groups excluding carboxylic acids is 2. The molecule has 3 saturated heterocycles. The molecule has 1 unspecified atom stereocenters. The summed E-state index contributed by atoms with van der Waals surface area (Å²) in [5.74, 6) is 1.56. The Kier molecular flexibility index (Phi) is 7.49. The third-order valence-corrected chi connectivity index (χ3v) is 11.6. The van der Waals surface area contributed by atoms with Gasteiger partial charge in [-0.3, -0.25) is 24.3 Å². The number of nitrogens with zero attached hydrogens (tertiary/aromatic N) is 7. The number of piperazine rings is 1. The second kappa shape index (κ2) is 11.0. The molecular weight excluding hydrogens is 611 g/mol. The van der Waals surface area contributed by atoms with Gasteiger partial charge in [-0.25, -0.2) is 0 Å². The van der Waals surface area contributed by atoms with Crippen LogP contribution in [0.5, 0.6) is 0 Å². The molecule has 1 aromatic carbocycles. The second-order valence-electron chi connectivity index (χ2n) is 14.5. The maximum absolute atomic E-state index is 12.8. The minimum absolute atomic E-state index is 0.00580. The zero-order valence-corrected chi connectivity index (χ0v) is 28.1. The van der Waals surface area contributed by atoms with Crippen LogP contribution >= 0.6 is 23.2 Å². The van der Waals surface area contributed by atoms with E-state index in [0.717, 1.165) is 98.5 Å².